The highest BCUT2D eigenvalue weighted by Gasteiger charge is 2.51. The van der Waals surface area contributed by atoms with Gasteiger partial charge in [0.1, 0.15) is 0 Å². The van der Waals surface area contributed by atoms with E-state index in [0.29, 0.717) is 39.3 Å². The second kappa shape index (κ2) is 9.58. The molecule has 0 bridgehead atoms. The van der Waals surface area contributed by atoms with Gasteiger partial charge in [0.15, 0.2) is 0 Å². The van der Waals surface area contributed by atoms with E-state index in [9.17, 15) is 14.4 Å². The van der Waals surface area contributed by atoms with Crippen LogP contribution in [0.25, 0.3) is 0 Å². The first-order valence-corrected chi connectivity index (χ1v) is 11.9. The van der Waals surface area contributed by atoms with Gasteiger partial charge in [-0.2, -0.15) is 0 Å². The van der Waals surface area contributed by atoms with Crippen LogP contribution in [0.4, 0.5) is 5.69 Å². The van der Waals surface area contributed by atoms with Gasteiger partial charge < -0.3 is 14.7 Å². The number of hydrogen-bond acceptors (Lipinski definition) is 5. The van der Waals surface area contributed by atoms with Crippen molar-refractivity contribution in [1.29, 1.82) is 0 Å². The summed E-state index contributed by atoms with van der Waals surface area (Å²) < 4.78 is 0. The standard InChI is InChI=1S/C24H35N5O3/c1-4-17(5-2)22(30)27-11-13-28(14-12-27)23(31)19-15-26(3)16-20-21(19)25-29(24(20)32)18-9-7-6-8-10-18/h6-10,17,19-21,25H,4-5,11-16H2,1-3H3. The van der Waals surface area contributed by atoms with E-state index in [1.165, 1.54) is 0 Å². The van der Waals surface area contributed by atoms with Crippen LogP contribution in [0.1, 0.15) is 26.7 Å². The Balaban J connectivity index is 1.43. The van der Waals surface area contributed by atoms with Gasteiger partial charge >= 0.3 is 0 Å². The Morgan fingerprint density at radius 2 is 1.62 bits per heavy atom. The van der Waals surface area contributed by atoms with Gasteiger partial charge in [0.05, 0.1) is 23.6 Å². The Morgan fingerprint density at radius 1 is 1.00 bits per heavy atom. The minimum absolute atomic E-state index is 0.0196. The number of hydrazine groups is 1. The van der Waals surface area contributed by atoms with E-state index in [4.69, 9.17) is 0 Å². The first kappa shape index (κ1) is 22.7. The number of carbonyl (C=O) groups excluding carboxylic acids is 3. The minimum atomic E-state index is -0.294. The zero-order valence-corrected chi connectivity index (χ0v) is 19.4. The van der Waals surface area contributed by atoms with Crippen molar-refractivity contribution in [3.8, 4) is 0 Å². The lowest BCUT2D eigenvalue weighted by Crippen LogP contribution is -2.59. The molecule has 1 aromatic rings. The summed E-state index contributed by atoms with van der Waals surface area (Å²) in [7, 11) is 1.97. The van der Waals surface area contributed by atoms with Crippen LogP contribution < -0.4 is 10.4 Å². The van der Waals surface area contributed by atoms with Gasteiger partial charge in [-0.25, -0.2) is 10.4 Å². The zero-order chi connectivity index (χ0) is 22.8. The number of amides is 3. The summed E-state index contributed by atoms with van der Waals surface area (Å²) in [5, 5.41) is 1.61. The highest BCUT2D eigenvalue weighted by Crippen LogP contribution is 2.32. The Bertz CT molecular complexity index is 835. The van der Waals surface area contributed by atoms with Gasteiger partial charge in [0.25, 0.3) is 0 Å². The Labute approximate surface area is 190 Å². The number of piperidine rings is 1. The Morgan fingerprint density at radius 3 is 2.25 bits per heavy atom. The maximum absolute atomic E-state index is 13.5. The maximum Gasteiger partial charge on any atom is 0.247 e. The molecule has 0 radical (unpaired) electrons. The molecule has 8 nitrogen and oxygen atoms in total. The van der Waals surface area contributed by atoms with E-state index >= 15 is 0 Å². The predicted molar refractivity (Wildman–Crippen MR) is 123 cm³/mol. The van der Waals surface area contributed by atoms with Crippen molar-refractivity contribution in [2.75, 3.05) is 51.3 Å². The van der Waals surface area contributed by atoms with E-state index in [1.807, 2.05) is 47.2 Å². The van der Waals surface area contributed by atoms with E-state index in [1.54, 1.807) is 5.01 Å². The largest absolute Gasteiger partial charge is 0.339 e. The van der Waals surface area contributed by atoms with Gasteiger partial charge in [-0.3, -0.25) is 14.4 Å². The lowest BCUT2D eigenvalue weighted by Gasteiger charge is -2.41. The van der Waals surface area contributed by atoms with Crippen LogP contribution in [-0.2, 0) is 14.4 Å². The number of hydrogen-bond donors (Lipinski definition) is 1. The van der Waals surface area contributed by atoms with Crippen LogP contribution in [0, 0.1) is 17.8 Å². The second-order valence-electron chi connectivity index (χ2n) is 9.26. The summed E-state index contributed by atoms with van der Waals surface area (Å²) in [6.45, 7) is 7.64. The van der Waals surface area contributed by atoms with Crippen LogP contribution in [0.15, 0.2) is 30.3 Å². The third kappa shape index (κ3) is 4.26. The number of fused-ring (bicyclic) bond motifs is 1. The van der Waals surface area contributed by atoms with Crippen molar-refractivity contribution in [3.63, 3.8) is 0 Å². The van der Waals surface area contributed by atoms with Crippen molar-refractivity contribution < 1.29 is 14.4 Å². The molecule has 3 unspecified atom stereocenters. The SMILES string of the molecule is CCC(CC)C(=O)N1CCN(C(=O)C2CN(C)CC3C(=O)N(c4ccccc4)NC23)CC1. The number of anilines is 1. The van der Waals surface area contributed by atoms with E-state index in [-0.39, 0.29) is 41.5 Å². The van der Waals surface area contributed by atoms with Gasteiger partial charge in [0, 0.05) is 45.2 Å². The molecular formula is C24H35N5O3. The molecule has 0 spiro atoms. The number of para-hydroxylation sites is 1. The summed E-state index contributed by atoms with van der Waals surface area (Å²) in [5.74, 6) is -0.162. The molecule has 3 aliphatic heterocycles. The molecule has 1 N–H and O–H groups in total. The minimum Gasteiger partial charge on any atom is -0.339 e. The quantitative estimate of drug-likeness (QED) is 0.743. The molecule has 0 aromatic heterocycles. The molecule has 0 aliphatic carbocycles. The molecule has 3 saturated heterocycles. The fourth-order valence-corrected chi connectivity index (χ4v) is 5.33. The average molecular weight is 442 g/mol. The van der Waals surface area contributed by atoms with Crippen molar-refractivity contribution in [3.05, 3.63) is 30.3 Å². The van der Waals surface area contributed by atoms with Crippen LogP contribution in [0.5, 0.6) is 0 Å². The molecule has 1 aromatic carbocycles. The third-order valence-corrected chi connectivity index (χ3v) is 7.27. The number of nitrogens with zero attached hydrogens (tertiary/aromatic N) is 4. The monoisotopic (exact) mass is 441 g/mol. The molecule has 174 valence electrons. The van der Waals surface area contributed by atoms with Crippen LogP contribution in [-0.4, -0.2) is 84.8 Å². The molecule has 0 saturated carbocycles. The number of likely N-dealkylation sites (tertiary alicyclic amines) is 1. The third-order valence-electron chi connectivity index (χ3n) is 7.27. The fourth-order valence-electron chi connectivity index (χ4n) is 5.33. The Hall–Kier alpha value is -2.45. The zero-order valence-electron chi connectivity index (χ0n) is 19.4. The van der Waals surface area contributed by atoms with Crippen molar-refractivity contribution in [1.82, 2.24) is 20.1 Å². The number of rotatable bonds is 5. The number of nitrogens with one attached hydrogen (secondary N) is 1. The molecule has 3 atom stereocenters. The molecule has 3 fully saturated rings. The van der Waals surface area contributed by atoms with Crippen molar-refractivity contribution in [2.24, 2.45) is 17.8 Å². The van der Waals surface area contributed by atoms with Crippen molar-refractivity contribution >= 4 is 23.4 Å². The summed E-state index contributed by atoms with van der Waals surface area (Å²) in [5.41, 5.74) is 4.15. The molecular weight excluding hydrogens is 406 g/mol. The lowest BCUT2D eigenvalue weighted by molar-refractivity contribution is -0.146. The van der Waals surface area contributed by atoms with Gasteiger partial charge in [-0.1, -0.05) is 32.0 Å². The van der Waals surface area contributed by atoms with E-state index in [2.05, 4.69) is 24.2 Å². The van der Waals surface area contributed by atoms with Crippen molar-refractivity contribution in [2.45, 2.75) is 32.7 Å². The molecule has 8 heteroatoms. The Kier molecular flexibility index (Phi) is 6.81. The average Bonchev–Trinajstić information content (AvgIpc) is 3.15. The smallest absolute Gasteiger partial charge is 0.247 e. The second-order valence-corrected chi connectivity index (χ2v) is 9.26. The first-order valence-electron chi connectivity index (χ1n) is 11.9. The van der Waals surface area contributed by atoms with Crippen LogP contribution >= 0.6 is 0 Å². The van der Waals surface area contributed by atoms with Gasteiger partial charge in [-0.05, 0) is 32.0 Å². The van der Waals surface area contributed by atoms with E-state index < -0.39 is 0 Å². The molecule has 32 heavy (non-hydrogen) atoms. The normalized spacial score (nSPS) is 26.6. The van der Waals surface area contributed by atoms with Gasteiger partial charge in [0.2, 0.25) is 17.7 Å². The van der Waals surface area contributed by atoms with Crippen LogP contribution in [0.2, 0.25) is 0 Å². The van der Waals surface area contributed by atoms with Gasteiger partial charge in [-0.15, -0.1) is 0 Å². The highest BCUT2D eigenvalue weighted by molar-refractivity contribution is 5.98. The molecule has 3 aliphatic rings. The summed E-state index contributed by atoms with van der Waals surface area (Å²) in [6.07, 6.45) is 1.70. The summed E-state index contributed by atoms with van der Waals surface area (Å²) in [4.78, 5) is 45.3. The number of carbonyl (C=O) groups is 3. The molecule has 4 rings (SSSR count). The topological polar surface area (TPSA) is 76.2 Å². The number of piperazine rings is 1. The fraction of sp³-hybridized carbons (Fsp3) is 0.625. The highest BCUT2D eigenvalue weighted by atomic mass is 16.2. The first-order chi connectivity index (χ1) is 15.4. The van der Waals surface area contributed by atoms with Crippen LogP contribution in [0.3, 0.4) is 0 Å². The summed E-state index contributed by atoms with van der Waals surface area (Å²) >= 11 is 0. The lowest BCUT2D eigenvalue weighted by atomic mass is 9.84. The van der Waals surface area contributed by atoms with E-state index in [0.717, 1.165) is 18.5 Å². The summed E-state index contributed by atoms with van der Waals surface area (Å²) in [6, 6.07) is 9.32. The predicted octanol–water partition coefficient (Wildman–Crippen LogP) is 1.19. The molecule has 3 heterocycles. The number of benzene rings is 1. The molecule has 3 amide bonds. The maximum atomic E-state index is 13.5.